The van der Waals surface area contributed by atoms with Crippen LogP contribution in [-0.2, 0) is 4.79 Å². The number of hydrogen-bond acceptors (Lipinski definition) is 4. The van der Waals surface area contributed by atoms with E-state index in [4.69, 9.17) is 15.3 Å². The highest BCUT2D eigenvalue weighted by molar-refractivity contribution is 5.79. The molecule has 0 aliphatic carbocycles. The van der Waals surface area contributed by atoms with Crippen molar-refractivity contribution in [1.82, 2.24) is 5.32 Å². The van der Waals surface area contributed by atoms with E-state index < -0.39 is 12.1 Å². The van der Waals surface area contributed by atoms with Crippen molar-refractivity contribution >= 4 is 5.97 Å². The van der Waals surface area contributed by atoms with E-state index in [1.165, 1.54) is 6.08 Å². The molecule has 0 aliphatic rings. The van der Waals surface area contributed by atoms with Gasteiger partial charge >= 0.3 is 5.97 Å². The molecule has 0 aliphatic heterocycles. The summed E-state index contributed by atoms with van der Waals surface area (Å²) in [7, 11) is 0. The fraction of sp³-hybridized carbons (Fsp3) is 0.571. The van der Waals surface area contributed by atoms with Crippen molar-refractivity contribution in [2.75, 3.05) is 19.7 Å². The number of aliphatic carboxylic acids is 1. The summed E-state index contributed by atoms with van der Waals surface area (Å²) >= 11 is 0. The SMILES string of the molecule is O=C(O)/C=C/CNCC(O)CO. The zero-order valence-electron chi connectivity index (χ0n) is 6.60. The number of carboxylic acid groups (broad SMARTS) is 1. The van der Waals surface area contributed by atoms with E-state index in [0.717, 1.165) is 6.08 Å². The zero-order chi connectivity index (χ0) is 9.40. The van der Waals surface area contributed by atoms with E-state index in [9.17, 15) is 4.79 Å². The molecular formula is C7H13NO4. The standard InChI is InChI=1S/C7H13NO4/c9-5-6(10)4-8-3-1-2-7(11)12/h1-2,6,8-10H,3-5H2,(H,11,12)/b2-1+. The normalized spacial score (nSPS) is 13.5. The summed E-state index contributed by atoms with van der Waals surface area (Å²) in [5.41, 5.74) is 0. The molecule has 5 nitrogen and oxygen atoms in total. The van der Waals surface area contributed by atoms with E-state index in [0.29, 0.717) is 6.54 Å². The number of aliphatic hydroxyl groups is 2. The monoisotopic (exact) mass is 175 g/mol. The minimum atomic E-state index is -1.00. The van der Waals surface area contributed by atoms with Gasteiger partial charge in [-0.15, -0.1) is 0 Å². The van der Waals surface area contributed by atoms with Crippen LogP contribution in [-0.4, -0.2) is 47.1 Å². The number of hydrogen-bond donors (Lipinski definition) is 4. The van der Waals surface area contributed by atoms with Crippen molar-refractivity contribution in [3.8, 4) is 0 Å². The lowest BCUT2D eigenvalue weighted by molar-refractivity contribution is -0.131. The largest absolute Gasteiger partial charge is 0.478 e. The molecule has 1 atom stereocenters. The van der Waals surface area contributed by atoms with E-state index in [2.05, 4.69) is 5.32 Å². The molecule has 0 rings (SSSR count). The Hall–Kier alpha value is -0.910. The van der Waals surface area contributed by atoms with Crippen molar-refractivity contribution in [3.63, 3.8) is 0 Å². The number of carbonyl (C=O) groups is 1. The first-order valence-electron chi connectivity index (χ1n) is 3.56. The van der Waals surface area contributed by atoms with Gasteiger partial charge in [0.2, 0.25) is 0 Å². The molecule has 0 aromatic rings. The van der Waals surface area contributed by atoms with Crippen LogP contribution in [0.15, 0.2) is 12.2 Å². The molecule has 0 bridgehead atoms. The van der Waals surface area contributed by atoms with E-state index in [1.807, 2.05) is 0 Å². The van der Waals surface area contributed by atoms with Gasteiger partial charge in [0.25, 0.3) is 0 Å². The maximum Gasteiger partial charge on any atom is 0.328 e. The summed E-state index contributed by atoms with van der Waals surface area (Å²) in [5, 5.41) is 28.1. The third kappa shape index (κ3) is 7.20. The Bertz CT molecular complexity index is 157. The van der Waals surface area contributed by atoms with Crippen LogP contribution < -0.4 is 5.32 Å². The molecule has 12 heavy (non-hydrogen) atoms. The molecule has 4 N–H and O–H groups in total. The molecule has 70 valence electrons. The van der Waals surface area contributed by atoms with Crippen molar-refractivity contribution in [2.45, 2.75) is 6.10 Å². The highest BCUT2D eigenvalue weighted by atomic mass is 16.4. The topological polar surface area (TPSA) is 89.8 Å². The predicted octanol–water partition coefficient (Wildman–Crippen LogP) is -1.43. The van der Waals surface area contributed by atoms with Crippen molar-refractivity contribution in [2.24, 2.45) is 0 Å². The maximum atomic E-state index is 9.95. The summed E-state index contributed by atoms with van der Waals surface area (Å²) in [6, 6.07) is 0. The molecule has 0 fully saturated rings. The van der Waals surface area contributed by atoms with Gasteiger partial charge in [-0.2, -0.15) is 0 Å². The molecule has 0 saturated heterocycles. The first-order valence-corrected chi connectivity index (χ1v) is 3.56. The van der Waals surface area contributed by atoms with Gasteiger partial charge in [0.1, 0.15) is 0 Å². The molecule has 0 radical (unpaired) electrons. The molecular weight excluding hydrogens is 162 g/mol. The Morgan fingerprint density at radius 3 is 2.75 bits per heavy atom. The van der Waals surface area contributed by atoms with Crippen LogP contribution in [0.3, 0.4) is 0 Å². The molecule has 5 heteroatoms. The minimum Gasteiger partial charge on any atom is -0.478 e. The lowest BCUT2D eigenvalue weighted by Gasteiger charge is -2.05. The zero-order valence-corrected chi connectivity index (χ0v) is 6.60. The quantitative estimate of drug-likeness (QED) is 0.293. The summed E-state index contributed by atoms with van der Waals surface area (Å²) in [5.74, 6) is -1.00. The highest BCUT2D eigenvalue weighted by Crippen LogP contribution is 1.76. The highest BCUT2D eigenvalue weighted by Gasteiger charge is 1.98. The summed E-state index contributed by atoms with van der Waals surface area (Å²) in [6.45, 7) is 0.319. The van der Waals surface area contributed by atoms with Crippen LogP contribution in [0.4, 0.5) is 0 Å². The minimum absolute atomic E-state index is 0.250. The van der Waals surface area contributed by atoms with E-state index in [1.54, 1.807) is 0 Å². The molecule has 0 amide bonds. The molecule has 0 heterocycles. The smallest absolute Gasteiger partial charge is 0.328 e. The number of aliphatic hydroxyl groups excluding tert-OH is 2. The van der Waals surface area contributed by atoms with Crippen molar-refractivity contribution in [1.29, 1.82) is 0 Å². The Kier molecular flexibility index (Phi) is 6.26. The number of rotatable bonds is 6. The van der Waals surface area contributed by atoms with Gasteiger partial charge in [-0.25, -0.2) is 4.79 Å². The third-order valence-corrected chi connectivity index (χ3v) is 1.11. The summed E-state index contributed by atoms with van der Waals surface area (Å²) in [6.07, 6.45) is 1.65. The van der Waals surface area contributed by atoms with Gasteiger partial charge in [-0.1, -0.05) is 6.08 Å². The Morgan fingerprint density at radius 1 is 1.58 bits per heavy atom. The molecule has 0 saturated carbocycles. The second-order valence-electron chi connectivity index (χ2n) is 2.24. The number of carboxylic acids is 1. The third-order valence-electron chi connectivity index (χ3n) is 1.11. The van der Waals surface area contributed by atoms with Gasteiger partial charge in [-0.05, 0) is 0 Å². The van der Waals surface area contributed by atoms with Crippen molar-refractivity contribution in [3.05, 3.63) is 12.2 Å². The average molecular weight is 175 g/mol. The predicted molar refractivity (Wildman–Crippen MR) is 42.7 cm³/mol. The Labute approximate surface area is 70.3 Å². The molecule has 0 spiro atoms. The van der Waals surface area contributed by atoms with Crippen LogP contribution in [0.25, 0.3) is 0 Å². The first-order chi connectivity index (χ1) is 5.66. The fourth-order valence-corrected chi connectivity index (χ4v) is 0.558. The van der Waals surface area contributed by atoms with Gasteiger partial charge in [0.15, 0.2) is 0 Å². The molecule has 1 unspecified atom stereocenters. The Balaban J connectivity index is 3.26. The number of nitrogens with one attached hydrogen (secondary N) is 1. The van der Waals surface area contributed by atoms with Crippen molar-refractivity contribution < 1.29 is 20.1 Å². The maximum absolute atomic E-state index is 9.95. The van der Waals surface area contributed by atoms with Gasteiger partial charge in [0, 0.05) is 19.2 Å². The summed E-state index contributed by atoms with van der Waals surface area (Å²) < 4.78 is 0. The van der Waals surface area contributed by atoms with Crippen LogP contribution in [0.1, 0.15) is 0 Å². The van der Waals surface area contributed by atoms with Gasteiger partial charge in [0.05, 0.1) is 12.7 Å². The fourth-order valence-electron chi connectivity index (χ4n) is 0.558. The van der Waals surface area contributed by atoms with Gasteiger partial charge < -0.3 is 20.6 Å². The average Bonchev–Trinajstić information content (AvgIpc) is 2.03. The van der Waals surface area contributed by atoms with Crippen LogP contribution >= 0.6 is 0 Å². The van der Waals surface area contributed by atoms with Crippen LogP contribution in [0.5, 0.6) is 0 Å². The molecule has 0 aromatic heterocycles. The van der Waals surface area contributed by atoms with Gasteiger partial charge in [-0.3, -0.25) is 0 Å². The second-order valence-corrected chi connectivity index (χ2v) is 2.24. The second kappa shape index (κ2) is 6.78. The Morgan fingerprint density at radius 2 is 2.25 bits per heavy atom. The lowest BCUT2D eigenvalue weighted by Crippen LogP contribution is -2.29. The first kappa shape index (κ1) is 11.1. The van der Waals surface area contributed by atoms with Crippen LogP contribution in [0.2, 0.25) is 0 Å². The molecule has 0 aromatic carbocycles. The van der Waals surface area contributed by atoms with Crippen LogP contribution in [0, 0.1) is 0 Å². The lowest BCUT2D eigenvalue weighted by atomic mass is 10.4. The van der Waals surface area contributed by atoms with E-state index in [-0.39, 0.29) is 13.2 Å². The summed E-state index contributed by atoms with van der Waals surface area (Å²) in [4.78, 5) is 9.95. The van der Waals surface area contributed by atoms with E-state index >= 15 is 0 Å².